The van der Waals surface area contributed by atoms with Gasteiger partial charge in [-0.1, -0.05) is 19.8 Å². The fourth-order valence-electron chi connectivity index (χ4n) is 4.35. The molecule has 4 rings (SSSR count). The lowest BCUT2D eigenvalue weighted by Gasteiger charge is -2.38. The number of ether oxygens (including phenoxy) is 1. The zero-order valence-corrected chi connectivity index (χ0v) is 18.1. The van der Waals surface area contributed by atoms with E-state index in [-0.39, 0.29) is 18.1 Å². The molecule has 3 fully saturated rings. The first-order valence-electron chi connectivity index (χ1n) is 11.3. The van der Waals surface area contributed by atoms with Crippen molar-refractivity contribution < 1.29 is 9.53 Å². The van der Waals surface area contributed by atoms with E-state index in [9.17, 15) is 4.79 Å². The summed E-state index contributed by atoms with van der Waals surface area (Å²) in [4.78, 5) is 29.1. The van der Waals surface area contributed by atoms with Gasteiger partial charge in [-0.3, -0.25) is 4.79 Å². The van der Waals surface area contributed by atoms with Crippen molar-refractivity contribution in [2.45, 2.75) is 58.2 Å². The number of anilines is 1. The highest BCUT2D eigenvalue weighted by Crippen LogP contribution is 2.37. The van der Waals surface area contributed by atoms with E-state index in [1.807, 2.05) is 11.8 Å². The maximum atomic E-state index is 13.3. The lowest BCUT2D eigenvalue weighted by molar-refractivity contribution is -0.0874. The van der Waals surface area contributed by atoms with Gasteiger partial charge in [0.1, 0.15) is 0 Å². The Morgan fingerprint density at radius 3 is 2.62 bits per heavy atom. The molecule has 0 radical (unpaired) electrons. The Morgan fingerprint density at radius 1 is 1.21 bits per heavy atom. The third kappa shape index (κ3) is 4.89. The van der Waals surface area contributed by atoms with E-state index in [1.54, 1.807) is 6.20 Å². The molecule has 0 aromatic carbocycles. The first-order valence-corrected chi connectivity index (χ1v) is 11.3. The summed E-state index contributed by atoms with van der Waals surface area (Å²) < 4.78 is 6.33. The molecule has 2 saturated heterocycles. The molecule has 1 aliphatic carbocycles. The third-order valence-electron chi connectivity index (χ3n) is 6.49. The molecule has 0 unspecified atom stereocenters. The predicted molar refractivity (Wildman–Crippen MR) is 113 cm³/mol. The minimum Gasteiger partial charge on any atom is -0.371 e. The van der Waals surface area contributed by atoms with Gasteiger partial charge in [-0.05, 0) is 39.2 Å². The molecule has 1 aromatic rings. The van der Waals surface area contributed by atoms with Gasteiger partial charge >= 0.3 is 0 Å². The zero-order chi connectivity index (χ0) is 20.4. The van der Waals surface area contributed by atoms with Gasteiger partial charge in [0.15, 0.2) is 0 Å². The number of aryl methyl sites for hydroxylation is 1. The van der Waals surface area contributed by atoms with Crippen molar-refractivity contribution >= 4 is 11.9 Å². The van der Waals surface area contributed by atoms with Crippen LogP contribution in [-0.2, 0) is 4.74 Å². The van der Waals surface area contributed by atoms with Crippen LogP contribution in [0.25, 0.3) is 0 Å². The van der Waals surface area contributed by atoms with Crippen LogP contribution < -0.4 is 4.90 Å². The minimum absolute atomic E-state index is 0.0582. The summed E-state index contributed by atoms with van der Waals surface area (Å²) in [6.45, 7) is 9.39. The zero-order valence-electron chi connectivity index (χ0n) is 18.1. The number of likely N-dealkylation sites (N-methyl/N-ethyl adjacent to an activating group) is 1. The van der Waals surface area contributed by atoms with Crippen LogP contribution in [0.1, 0.15) is 55.1 Å². The van der Waals surface area contributed by atoms with Crippen LogP contribution in [0, 0.1) is 12.8 Å². The highest BCUT2D eigenvalue weighted by Gasteiger charge is 2.40. The number of carbonyl (C=O) groups is 1. The molecule has 29 heavy (non-hydrogen) atoms. The second-order valence-corrected chi connectivity index (χ2v) is 8.95. The number of hydrogen-bond donors (Lipinski definition) is 0. The van der Waals surface area contributed by atoms with E-state index in [0.29, 0.717) is 24.6 Å². The lowest BCUT2D eigenvalue weighted by Crippen LogP contribution is -2.51. The highest BCUT2D eigenvalue weighted by molar-refractivity contribution is 5.95. The number of amides is 1. The monoisotopic (exact) mass is 401 g/mol. The van der Waals surface area contributed by atoms with Gasteiger partial charge < -0.3 is 19.4 Å². The van der Waals surface area contributed by atoms with E-state index in [2.05, 4.69) is 28.8 Å². The molecule has 160 valence electrons. The maximum Gasteiger partial charge on any atom is 0.257 e. The van der Waals surface area contributed by atoms with Crippen LogP contribution in [-0.4, -0.2) is 84.2 Å². The normalized spacial score (nSPS) is 26.0. The van der Waals surface area contributed by atoms with Crippen LogP contribution in [0.3, 0.4) is 0 Å². The van der Waals surface area contributed by atoms with Crippen LogP contribution in [0.15, 0.2) is 6.20 Å². The molecule has 3 aliphatic rings. The Hall–Kier alpha value is -1.73. The molecule has 0 N–H and O–H groups in total. The summed E-state index contributed by atoms with van der Waals surface area (Å²) in [5.74, 6) is 1.43. The number of aromatic nitrogens is 2. The van der Waals surface area contributed by atoms with Gasteiger partial charge in [-0.2, -0.15) is 0 Å². The Labute approximate surface area is 174 Å². The fourth-order valence-corrected chi connectivity index (χ4v) is 4.35. The molecule has 2 aliphatic heterocycles. The fraction of sp³-hybridized carbons (Fsp3) is 0.773. The van der Waals surface area contributed by atoms with Gasteiger partial charge in [-0.25, -0.2) is 9.97 Å². The molecule has 7 heteroatoms. The Balaban J connectivity index is 1.46. The van der Waals surface area contributed by atoms with E-state index in [1.165, 1.54) is 12.8 Å². The molecule has 2 atom stereocenters. The summed E-state index contributed by atoms with van der Waals surface area (Å²) in [6.07, 6.45) is 7.88. The topological polar surface area (TPSA) is 61.8 Å². The second kappa shape index (κ2) is 8.96. The lowest BCUT2D eigenvalue weighted by atomic mass is 10.1. The molecule has 1 aromatic heterocycles. The Bertz CT molecular complexity index is 715. The van der Waals surface area contributed by atoms with Crippen LogP contribution in [0.4, 0.5) is 5.95 Å². The quantitative estimate of drug-likeness (QED) is 0.729. The maximum absolute atomic E-state index is 13.3. The summed E-state index contributed by atoms with van der Waals surface area (Å²) in [7, 11) is 2.14. The van der Waals surface area contributed by atoms with E-state index in [0.717, 1.165) is 57.1 Å². The van der Waals surface area contributed by atoms with E-state index >= 15 is 0 Å². The molecule has 7 nitrogen and oxygen atoms in total. The van der Waals surface area contributed by atoms with Crippen molar-refractivity contribution in [1.29, 1.82) is 0 Å². The summed E-state index contributed by atoms with van der Waals surface area (Å²) in [6, 6.07) is 0. The SMILES string of the molecule is CCCC[C@@H]1CN(C(=O)c2cnc(N3CCN(C)CC3)nc2C)C[C@H](C2CC2)O1. The van der Waals surface area contributed by atoms with Crippen molar-refractivity contribution in [3.63, 3.8) is 0 Å². The average molecular weight is 402 g/mol. The number of carbonyl (C=O) groups excluding carboxylic acids is 1. The van der Waals surface area contributed by atoms with Crippen molar-refractivity contribution in [2.75, 3.05) is 51.2 Å². The number of hydrogen-bond acceptors (Lipinski definition) is 6. The molecule has 1 amide bonds. The number of unbranched alkanes of at least 4 members (excludes halogenated alkanes) is 1. The summed E-state index contributed by atoms with van der Waals surface area (Å²) >= 11 is 0. The van der Waals surface area contributed by atoms with Crippen molar-refractivity contribution in [3.8, 4) is 0 Å². The van der Waals surface area contributed by atoms with Gasteiger partial charge in [0.05, 0.1) is 23.5 Å². The Kier molecular flexibility index (Phi) is 6.35. The van der Waals surface area contributed by atoms with Crippen molar-refractivity contribution in [2.24, 2.45) is 5.92 Å². The second-order valence-electron chi connectivity index (χ2n) is 8.95. The predicted octanol–water partition coefficient (Wildman–Crippen LogP) is 2.35. The Morgan fingerprint density at radius 2 is 1.97 bits per heavy atom. The first kappa shape index (κ1) is 20.5. The number of morpholine rings is 1. The van der Waals surface area contributed by atoms with Crippen molar-refractivity contribution in [3.05, 3.63) is 17.5 Å². The van der Waals surface area contributed by atoms with E-state index in [4.69, 9.17) is 9.72 Å². The number of nitrogens with zero attached hydrogens (tertiary/aromatic N) is 5. The van der Waals surface area contributed by atoms with Gasteiger partial charge in [0.2, 0.25) is 5.95 Å². The van der Waals surface area contributed by atoms with Gasteiger partial charge in [0, 0.05) is 45.5 Å². The first-order chi connectivity index (χ1) is 14.0. The third-order valence-corrected chi connectivity index (χ3v) is 6.49. The molecule has 1 saturated carbocycles. The highest BCUT2D eigenvalue weighted by atomic mass is 16.5. The van der Waals surface area contributed by atoms with E-state index < -0.39 is 0 Å². The number of piperazine rings is 1. The molecular weight excluding hydrogens is 366 g/mol. The average Bonchev–Trinajstić information content (AvgIpc) is 3.57. The van der Waals surface area contributed by atoms with Crippen LogP contribution in [0.5, 0.6) is 0 Å². The van der Waals surface area contributed by atoms with Crippen LogP contribution in [0.2, 0.25) is 0 Å². The summed E-state index contributed by atoms with van der Waals surface area (Å²) in [5.41, 5.74) is 1.41. The molecule has 3 heterocycles. The smallest absolute Gasteiger partial charge is 0.257 e. The minimum atomic E-state index is 0.0582. The summed E-state index contributed by atoms with van der Waals surface area (Å²) in [5, 5.41) is 0. The largest absolute Gasteiger partial charge is 0.371 e. The van der Waals surface area contributed by atoms with Crippen LogP contribution >= 0.6 is 0 Å². The molecular formula is C22H35N5O2. The molecule has 0 spiro atoms. The van der Waals surface area contributed by atoms with Crippen molar-refractivity contribution in [1.82, 2.24) is 19.8 Å². The standard InChI is InChI=1S/C22H35N5O2/c1-4-5-6-18-14-27(15-20(29-18)17-7-8-17)21(28)19-13-23-22(24-16(19)2)26-11-9-25(3)10-12-26/h13,17-18,20H,4-12,14-15H2,1-3H3/t18-,20-/m1/s1. The van der Waals surface area contributed by atoms with Gasteiger partial charge in [0.25, 0.3) is 5.91 Å². The molecule has 0 bridgehead atoms. The number of rotatable bonds is 6. The van der Waals surface area contributed by atoms with Gasteiger partial charge in [-0.15, -0.1) is 0 Å².